The largest absolute Gasteiger partial charge is 0.307 e. The molecule has 0 aliphatic carbocycles. The van der Waals surface area contributed by atoms with Gasteiger partial charge in [-0.1, -0.05) is 11.6 Å². The summed E-state index contributed by atoms with van der Waals surface area (Å²) in [6.07, 6.45) is 1.44. The van der Waals surface area contributed by atoms with Gasteiger partial charge in [0, 0.05) is 9.77 Å². The van der Waals surface area contributed by atoms with Crippen molar-refractivity contribution in [1.29, 1.82) is 0 Å². The maximum absolute atomic E-state index is 12.9. The van der Waals surface area contributed by atoms with Gasteiger partial charge in [0.05, 0.1) is 10.6 Å². The Bertz CT molecular complexity index is 589. The molecule has 0 unspecified atom stereocenters. The number of carbonyl (C=O) groups excluding carboxylic acids is 1. The van der Waals surface area contributed by atoms with Gasteiger partial charge in [-0.2, -0.15) is 0 Å². The highest BCUT2D eigenvalue weighted by Gasteiger charge is 2.11. The lowest BCUT2D eigenvalue weighted by Gasteiger charge is -2.06. The lowest BCUT2D eigenvalue weighted by molar-refractivity contribution is 0.102. The maximum atomic E-state index is 12.9. The number of halogens is 3. The van der Waals surface area contributed by atoms with Crippen LogP contribution in [0.15, 0.2) is 36.5 Å². The monoisotopic (exact) mass is 376 g/mol. The second-order valence-electron chi connectivity index (χ2n) is 3.44. The molecule has 2 aromatic rings. The van der Waals surface area contributed by atoms with Crippen LogP contribution < -0.4 is 5.32 Å². The fourth-order valence-electron chi connectivity index (χ4n) is 1.31. The topological polar surface area (TPSA) is 42.0 Å². The summed E-state index contributed by atoms with van der Waals surface area (Å²) < 4.78 is 13.5. The van der Waals surface area contributed by atoms with Crippen LogP contribution in [0.2, 0.25) is 5.02 Å². The number of benzene rings is 1. The summed E-state index contributed by atoms with van der Waals surface area (Å²) in [6.45, 7) is 0. The molecule has 0 saturated carbocycles. The van der Waals surface area contributed by atoms with Crippen molar-refractivity contribution in [3.63, 3.8) is 0 Å². The van der Waals surface area contributed by atoms with Gasteiger partial charge in [0.15, 0.2) is 0 Å². The van der Waals surface area contributed by atoms with Gasteiger partial charge in [0.1, 0.15) is 11.6 Å². The zero-order valence-electron chi connectivity index (χ0n) is 8.95. The zero-order valence-corrected chi connectivity index (χ0v) is 11.9. The van der Waals surface area contributed by atoms with Crippen LogP contribution in [0, 0.1) is 9.39 Å². The predicted molar refractivity (Wildman–Crippen MR) is 76.3 cm³/mol. The van der Waals surface area contributed by atoms with E-state index in [9.17, 15) is 9.18 Å². The van der Waals surface area contributed by atoms with Crippen molar-refractivity contribution in [2.24, 2.45) is 0 Å². The van der Waals surface area contributed by atoms with E-state index in [1.54, 1.807) is 12.1 Å². The standard InChI is InChI=1S/C12H7ClFIN2O/c13-7-1-4-11(16-6-7)17-12(18)9-3-2-8(14)5-10(9)15/h1-6H,(H,16,17,18). The Balaban J connectivity index is 2.19. The molecule has 92 valence electrons. The molecule has 0 aliphatic heterocycles. The molecule has 0 aliphatic rings. The number of carbonyl (C=O) groups is 1. The molecule has 1 N–H and O–H groups in total. The third-order valence-corrected chi connectivity index (χ3v) is 3.26. The van der Waals surface area contributed by atoms with Crippen LogP contribution in [-0.4, -0.2) is 10.9 Å². The SMILES string of the molecule is O=C(Nc1ccc(Cl)cn1)c1ccc(F)cc1I. The summed E-state index contributed by atoms with van der Waals surface area (Å²) >= 11 is 7.60. The molecule has 0 saturated heterocycles. The van der Waals surface area contributed by atoms with E-state index < -0.39 is 0 Å². The van der Waals surface area contributed by atoms with Gasteiger partial charge in [-0.25, -0.2) is 9.37 Å². The first-order chi connectivity index (χ1) is 8.56. The molecule has 2 rings (SSSR count). The number of hydrogen-bond acceptors (Lipinski definition) is 2. The summed E-state index contributed by atoms with van der Waals surface area (Å²) in [6, 6.07) is 7.19. The van der Waals surface area contributed by atoms with Gasteiger partial charge in [-0.15, -0.1) is 0 Å². The van der Waals surface area contributed by atoms with E-state index in [0.717, 1.165) is 0 Å². The number of hydrogen-bond donors (Lipinski definition) is 1. The highest BCUT2D eigenvalue weighted by atomic mass is 127. The molecule has 1 heterocycles. The molecule has 3 nitrogen and oxygen atoms in total. The number of aromatic nitrogens is 1. The lowest BCUT2D eigenvalue weighted by atomic mass is 10.2. The molecule has 0 bridgehead atoms. The van der Waals surface area contributed by atoms with E-state index in [2.05, 4.69) is 10.3 Å². The van der Waals surface area contributed by atoms with Crippen LogP contribution >= 0.6 is 34.2 Å². The van der Waals surface area contributed by atoms with Gasteiger partial charge in [-0.3, -0.25) is 4.79 Å². The van der Waals surface area contributed by atoms with Crippen LogP contribution in [-0.2, 0) is 0 Å². The van der Waals surface area contributed by atoms with Gasteiger partial charge in [0.25, 0.3) is 5.91 Å². The average Bonchev–Trinajstić information content (AvgIpc) is 2.32. The Morgan fingerprint density at radius 3 is 2.72 bits per heavy atom. The van der Waals surface area contributed by atoms with Crippen LogP contribution in [0.5, 0.6) is 0 Å². The second-order valence-corrected chi connectivity index (χ2v) is 5.04. The summed E-state index contributed by atoms with van der Waals surface area (Å²) in [7, 11) is 0. The van der Waals surface area contributed by atoms with E-state index in [-0.39, 0.29) is 11.7 Å². The van der Waals surface area contributed by atoms with Crippen LogP contribution in [0.1, 0.15) is 10.4 Å². The molecule has 0 atom stereocenters. The quantitative estimate of drug-likeness (QED) is 0.812. The van der Waals surface area contributed by atoms with Crippen molar-refractivity contribution in [1.82, 2.24) is 4.98 Å². The van der Waals surface area contributed by atoms with E-state index in [0.29, 0.717) is 20.0 Å². The number of amides is 1. The smallest absolute Gasteiger partial charge is 0.257 e. The molecule has 1 aromatic heterocycles. The highest BCUT2D eigenvalue weighted by molar-refractivity contribution is 14.1. The highest BCUT2D eigenvalue weighted by Crippen LogP contribution is 2.16. The van der Waals surface area contributed by atoms with Crippen molar-refractivity contribution in [3.05, 3.63) is 56.5 Å². The first-order valence-corrected chi connectivity index (χ1v) is 6.40. The minimum absolute atomic E-state index is 0.339. The normalized spacial score (nSPS) is 10.2. The third-order valence-electron chi connectivity index (χ3n) is 2.14. The van der Waals surface area contributed by atoms with Gasteiger partial charge in [-0.05, 0) is 52.9 Å². The lowest BCUT2D eigenvalue weighted by Crippen LogP contribution is -2.14. The fourth-order valence-corrected chi connectivity index (χ4v) is 2.14. The molecule has 0 fully saturated rings. The van der Waals surface area contributed by atoms with Crippen LogP contribution in [0.3, 0.4) is 0 Å². The Morgan fingerprint density at radius 2 is 2.11 bits per heavy atom. The van der Waals surface area contributed by atoms with Crippen molar-refractivity contribution in [3.8, 4) is 0 Å². The predicted octanol–water partition coefficient (Wildman–Crippen LogP) is 3.73. The van der Waals surface area contributed by atoms with Crippen LogP contribution in [0.25, 0.3) is 0 Å². The Kier molecular flexibility index (Phi) is 4.13. The molecule has 0 spiro atoms. The third kappa shape index (κ3) is 3.17. The van der Waals surface area contributed by atoms with E-state index in [1.165, 1.54) is 24.4 Å². The van der Waals surface area contributed by atoms with E-state index in [1.807, 2.05) is 22.6 Å². The van der Waals surface area contributed by atoms with Crippen molar-refractivity contribution >= 4 is 45.9 Å². The summed E-state index contributed by atoms with van der Waals surface area (Å²) in [5.41, 5.74) is 0.397. The molecular formula is C12H7ClFIN2O. The summed E-state index contributed by atoms with van der Waals surface area (Å²) in [5.74, 6) is -0.320. The molecular weight excluding hydrogens is 369 g/mol. The Labute approximate surface area is 122 Å². The number of nitrogens with zero attached hydrogens (tertiary/aromatic N) is 1. The molecule has 18 heavy (non-hydrogen) atoms. The van der Waals surface area contributed by atoms with Gasteiger partial charge < -0.3 is 5.32 Å². The molecule has 0 radical (unpaired) electrons. The van der Waals surface area contributed by atoms with Crippen molar-refractivity contribution in [2.45, 2.75) is 0 Å². The van der Waals surface area contributed by atoms with Gasteiger partial charge >= 0.3 is 0 Å². The Morgan fingerprint density at radius 1 is 1.33 bits per heavy atom. The van der Waals surface area contributed by atoms with Crippen molar-refractivity contribution in [2.75, 3.05) is 5.32 Å². The maximum Gasteiger partial charge on any atom is 0.257 e. The number of anilines is 1. The average molecular weight is 377 g/mol. The van der Waals surface area contributed by atoms with Crippen LogP contribution in [0.4, 0.5) is 10.2 Å². The number of pyridine rings is 1. The van der Waals surface area contributed by atoms with Gasteiger partial charge in [0.2, 0.25) is 0 Å². The molecule has 1 aromatic carbocycles. The fraction of sp³-hybridized carbons (Fsp3) is 0. The molecule has 6 heteroatoms. The minimum atomic E-state index is -0.374. The minimum Gasteiger partial charge on any atom is -0.307 e. The summed E-state index contributed by atoms with van der Waals surface area (Å²) in [4.78, 5) is 15.9. The molecule has 1 amide bonds. The van der Waals surface area contributed by atoms with E-state index >= 15 is 0 Å². The second kappa shape index (κ2) is 5.62. The van der Waals surface area contributed by atoms with E-state index in [4.69, 9.17) is 11.6 Å². The zero-order chi connectivity index (χ0) is 13.1. The van der Waals surface area contributed by atoms with Crippen molar-refractivity contribution < 1.29 is 9.18 Å². The summed E-state index contributed by atoms with van der Waals surface area (Å²) in [5, 5.41) is 3.10. The number of nitrogens with one attached hydrogen (secondary N) is 1. The Hall–Kier alpha value is -1.21. The number of rotatable bonds is 2. The first-order valence-electron chi connectivity index (χ1n) is 4.94. The first kappa shape index (κ1) is 13.2.